The number of nitrogens with two attached hydrogens (primary N) is 1. The molecule has 1 aromatic carbocycles. The third kappa shape index (κ3) is 3.20. The first kappa shape index (κ1) is 19.5. The average molecular weight is 420 g/mol. The summed E-state index contributed by atoms with van der Waals surface area (Å²) in [5.74, 6) is -0.716. The van der Waals surface area contributed by atoms with Gasteiger partial charge < -0.3 is 15.2 Å². The number of anilines is 1. The molecule has 2 aromatic heterocycles. The van der Waals surface area contributed by atoms with E-state index in [9.17, 15) is 4.79 Å². The summed E-state index contributed by atoms with van der Waals surface area (Å²) in [6.45, 7) is 3.29. The fourth-order valence-electron chi connectivity index (χ4n) is 3.53. The fourth-order valence-corrected chi connectivity index (χ4v) is 3.75. The lowest BCUT2D eigenvalue weighted by Gasteiger charge is -2.31. The summed E-state index contributed by atoms with van der Waals surface area (Å²) in [5.41, 5.74) is 4.94. The van der Waals surface area contributed by atoms with Gasteiger partial charge in [-0.2, -0.15) is 9.97 Å². The van der Waals surface area contributed by atoms with Crippen LogP contribution in [0.3, 0.4) is 0 Å². The van der Waals surface area contributed by atoms with Crippen molar-refractivity contribution in [3.05, 3.63) is 47.4 Å². The van der Waals surface area contributed by atoms with E-state index in [1.807, 2.05) is 0 Å². The minimum Gasteiger partial charge on any atom is -0.448 e. The molecule has 4 rings (SSSR count). The van der Waals surface area contributed by atoms with Crippen molar-refractivity contribution in [2.24, 2.45) is 0 Å². The summed E-state index contributed by atoms with van der Waals surface area (Å²) >= 11 is 6.10. The van der Waals surface area contributed by atoms with Crippen molar-refractivity contribution < 1.29 is 18.7 Å². The van der Waals surface area contributed by atoms with E-state index in [1.165, 1.54) is 17.8 Å². The number of fused-ring (bicyclic) bond motifs is 1. The summed E-state index contributed by atoms with van der Waals surface area (Å²) < 4.78 is 28.5. The number of alkyl halides is 1. The maximum absolute atomic E-state index is 15.4. The van der Waals surface area contributed by atoms with Crippen molar-refractivity contribution >= 4 is 34.7 Å². The van der Waals surface area contributed by atoms with Gasteiger partial charge in [-0.3, -0.25) is 4.57 Å². The van der Waals surface area contributed by atoms with Crippen LogP contribution in [0.5, 0.6) is 0 Å². The first-order chi connectivity index (χ1) is 13.8. The number of halogens is 2. The molecule has 1 aliphatic heterocycles. The first-order valence-electron chi connectivity index (χ1n) is 9.08. The van der Waals surface area contributed by atoms with E-state index in [4.69, 9.17) is 26.8 Å². The molecule has 1 saturated heterocycles. The fraction of sp³-hybridized carbons (Fsp3) is 0.368. The monoisotopic (exact) mass is 419 g/mol. The normalized spacial score (nSPS) is 26.7. The third-order valence-electron chi connectivity index (χ3n) is 5.04. The van der Waals surface area contributed by atoms with Crippen LogP contribution < -0.4 is 5.73 Å². The van der Waals surface area contributed by atoms with Crippen LogP contribution in [0.15, 0.2) is 36.7 Å². The van der Waals surface area contributed by atoms with Crippen LogP contribution in [0, 0.1) is 0 Å². The number of esters is 1. The van der Waals surface area contributed by atoms with E-state index in [0.717, 1.165) is 0 Å². The average Bonchev–Trinajstić information content (AvgIpc) is 3.22. The molecule has 0 amide bonds. The van der Waals surface area contributed by atoms with Gasteiger partial charge in [-0.05, 0) is 25.5 Å². The van der Waals surface area contributed by atoms with E-state index >= 15 is 4.39 Å². The van der Waals surface area contributed by atoms with Crippen molar-refractivity contribution in [1.29, 1.82) is 0 Å². The number of ether oxygens (including phenoxy) is 2. The standard InChI is InChI=1S/C19H19ClFN5O3/c1-3-11-13(21)19(2,29-16(27)10-7-5-4-6-8-10)17(28-11)26-9-23-12-14(20)24-18(22)25-15(12)26/h4-9,11,13,17H,3H2,1-2H3,(H2,22,24,25). The second kappa shape index (κ2) is 7.23. The maximum Gasteiger partial charge on any atom is 0.338 e. The number of nitrogens with zero attached hydrogens (tertiary/aromatic N) is 4. The maximum atomic E-state index is 15.4. The van der Waals surface area contributed by atoms with Gasteiger partial charge in [0, 0.05) is 0 Å². The summed E-state index contributed by atoms with van der Waals surface area (Å²) in [6.07, 6.45) is -1.58. The van der Waals surface area contributed by atoms with Crippen molar-refractivity contribution in [2.45, 2.75) is 44.4 Å². The predicted molar refractivity (Wildman–Crippen MR) is 104 cm³/mol. The van der Waals surface area contributed by atoms with Gasteiger partial charge in [-0.25, -0.2) is 14.2 Å². The lowest BCUT2D eigenvalue weighted by atomic mass is 9.96. The Morgan fingerprint density at radius 1 is 1.38 bits per heavy atom. The molecular formula is C19H19ClFN5O3. The van der Waals surface area contributed by atoms with Crippen molar-refractivity contribution in [3.8, 4) is 0 Å². The molecule has 29 heavy (non-hydrogen) atoms. The minimum absolute atomic E-state index is 0.0610. The van der Waals surface area contributed by atoms with Crippen molar-refractivity contribution in [2.75, 3.05) is 5.73 Å². The quantitative estimate of drug-likeness (QED) is 0.510. The molecule has 3 aromatic rings. The molecule has 0 aliphatic carbocycles. The number of rotatable bonds is 4. The van der Waals surface area contributed by atoms with Crippen molar-refractivity contribution in [3.63, 3.8) is 0 Å². The van der Waals surface area contributed by atoms with E-state index in [-0.39, 0.29) is 22.3 Å². The Bertz CT molecular complexity index is 1060. The van der Waals surface area contributed by atoms with Crippen LogP contribution in [-0.4, -0.2) is 43.4 Å². The molecule has 3 heterocycles. The van der Waals surface area contributed by atoms with Gasteiger partial charge in [0.1, 0.15) is 5.52 Å². The Morgan fingerprint density at radius 2 is 2.10 bits per heavy atom. The molecule has 0 saturated carbocycles. The number of hydrogen-bond donors (Lipinski definition) is 1. The van der Waals surface area contributed by atoms with Gasteiger partial charge >= 0.3 is 5.97 Å². The zero-order valence-corrected chi connectivity index (χ0v) is 16.5. The lowest BCUT2D eigenvalue weighted by molar-refractivity contribution is -0.0974. The van der Waals surface area contributed by atoms with Crippen LogP contribution in [0.1, 0.15) is 36.9 Å². The zero-order valence-electron chi connectivity index (χ0n) is 15.8. The molecule has 2 N–H and O–H groups in total. The van der Waals surface area contributed by atoms with Crippen LogP contribution in [-0.2, 0) is 9.47 Å². The Morgan fingerprint density at radius 3 is 2.79 bits per heavy atom. The summed E-state index contributed by atoms with van der Waals surface area (Å²) in [7, 11) is 0. The molecule has 4 atom stereocenters. The first-order valence-corrected chi connectivity index (χ1v) is 9.46. The number of nitrogen functional groups attached to an aromatic ring is 1. The molecule has 4 unspecified atom stereocenters. The van der Waals surface area contributed by atoms with Gasteiger partial charge in [0.2, 0.25) is 5.95 Å². The van der Waals surface area contributed by atoms with Gasteiger partial charge in [0.15, 0.2) is 28.8 Å². The van der Waals surface area contributed by atoms with Crippen LogP contribution in [0.4, 0.5) is 10.3 Å². The molecular weight excluding hydrogens is 401 g/mol. The highest BCUT2D eigenvalue weighted by molar-refractivity contribution is 6.33. The number of carbonyl (C=O) groups excluding carboxylic acids is 1. The summed E-state index contributed by atoms with van der Waals surface area (Å²) in [6, 6.07) is 8.38. The molecule has 0 spiro atoms. The van der Waals surface area contributed by atoms with E-state index < -0.39 is 30.1 Å². The van der Waals surface area contributed by atoms with Gasteiger partial charge in [0.25, 0.3) is 0 Å². The smallest absolute Gasteiger partial charge is 0.338 e. The highest BCUT2D eigenvalue weighted by Gasteiger charge is 2.58. The molecule has 10 heteroatoms. The minimum atomic E-state index is -1.63. The molecule has 8 nitrogen and oxygen atoms in total. The number of imidazole rings is 1. The lowest BCUT2D eigenvalue weighted by Crippen LogP contribution is -2.45. The van der Waals surface area contributed by atoms with E-state index in [1.54, 1.807) is 37.3 Å². The van der Waals surface area contributed by atoms with Gasteiger partial charge in [-0.15, -0.1) is 0 Å². The largest absolute Gasteiger partial charge is 0.448 e. The predicted octanol–water partition coefficient (Wildman–Crippen LogP) is 3.32. The van der Waals surface area contributed by atoms with Crippen LogP contribution in [0.25, 0.3) is 11.2 Å². The molecule has 1 aliphatic rings. The Labute approximate surface area is 170 Å². The highest BCUT2D eigenvalue weighted by atomic mass is 35.5. The number of carbonyl (C=O) groups is 1. The highest BCUT2D eigenvalue weighted by Crippen LogP contribution is 2.45. The Kier molecular flexibility index (Phi) is 4.87. The third-order valence-corrected chi connectivity index (χ3v) is 5.30. The zero-order chi connectivity index (χ0) is 20.8. The number of hydrogen-bond acceptors (Lipinski definition) is 7. The Hall–Kier alpha value is -2.78. The molecule has 0 bridgehead atoms. The van der Waals surface area contributed by atoms with Crippen LogP contribution >= 0.6 is 11.6 Å². The van der Waals surface area contributed by atoms with E-state index in [0.29, 0.717) is 12.0 Å². The summed E-state index contributed by atoms with van der Waals surface area (Å²) in [5, 5.41) is 0.0658. The van der Waals surface area contributed by atoms with Crippen LogP contribution in [0.2, 0.25) is 5.15 Å². The topological polar surface area (TPSA) is 105 Å². The second-order valence-electron chi connectivity index (χ2n) is 6.97. The Balaban J connectivity index is 1.78. The second-order valence-corrected chi connectivity index (χ2v) is 7.33. The molecule has 0 radical (unpaired) electrons. The SMILES string of the molecule is CCC1OC(n2cnc3c(Cl)nc(N)nc32)C(C)(OC(=O)c2ccccc2)C1F. The summed E-state index contributed by atoms with van der Waals surface area (Å²) in [4.78, 5) is 24.9. The number of aromatic nitrogens is 4. The van der Waals surface area contributed by atoms with E-state index in [2.05, 4.69) is 15.0 Å². The van der Waals surface area contributed by atoms with Gasteiger partial charge in [0.05, 0.1) is 18.0 Å². The molecule has 1 fully saturated rings. The number of benzene rings is 1. The van der Waals surface area contributed by atoms with Crippen molar-refractivity contribution in [1.82, 2.24) is 19.5 Å². The van der Waals surface area contributed by atoms with Gasteiger partial charge in [-0.1, -0.05) is 36.7 Å². The molecule has 152 valence electrons.